The molecule has 0 amide bonds. The van der Waals surface area contributed by atoms with Crippen LogP contribution in [0.5, 0.6) is 0 Å². The number of rotatable bonds is 9. The molecule has 1 aliphatic rings. The minimum atomic E-state index is -1.64. The average Bonchev–Trinajstić information content (AvgIpc) is 2.70. The Morgan fingerprint density at radius 2 is 1.81 bits per heavy atom. The molecule has 0 radical (unpaired) electrons. The van der Waals surface area contributed by atoms with Gasteiger partial charge in [0.1, 0.15) is 19.3 Å². The Balaban J connectivity index is 2.08. The fourth-order valence-corrected chi connectivity index (χ4v) is 3.95. The molecule has 2 atom stereocenters. The van der Waals surface area contributed by atoms with Crippen molar-refractivity contribution in [1.29, 1.82) is 0 Å². The molecule has 0 aromatic heterocycles. The number of carbonyl (C=O) groups excluding carboxylic acids is 1. The van der Waals surface area contributed by atoms with E-state index in [9.17, 15) is 15.0 Å². The molecule has 5 heteroatoms. The van der Waals surface area contributed by atoms with Crippen LogP contribution in [-0.4, -0.2) is 48.5 Å². The van der Waals surface area contributed by atoms with Crippen LogP contribution in [0.4, 0.5) is 0 Å². The van der Waals surface area contributed by atoms with E-state index in [2.05, 4.69) is 13.8 Å². The fraction of sp³-hybridized carbons (Fsp3) is 0.667. The zero-order valence-corrected chi connectivity index (χ0v) is 16.1. The van der Waals surface area contributed by atoms with E-state index in [1.165, 1.54) is 4.90 Å². The van der Waals surface area contributed by atoms with E-state index in [0.717, 1.165) is 45.2 Å². The summed E-state index contributed by atoms with van der Waals surface area (Å²) in [7, 11) is 0. The van der Waals surface area contributed by atoms with Crippen molar-refractivity contribution in [2.45, 2.75) is 57.7 Å². The summed E-state index contributed by atoms with van der Waals surface area (Å²) in [4.78, 5) is 14.2. The van der Waals surface area contributed by atoms with Crippen LogP contribution in [0.2, 0.25) is 0 Å². The Bertz CT molecular complexity index is 540. The molecular formula is C21H34NO4+. The molecule has 2 rings (SSSR count). The molecule has 1 aliphatic carbocycles. The topological polar surface area (TPSA) is 71.2 Å². The first-order chi connectivity index (χ1) is 12.5. The van der Waals surface area contributed by atoms with Crippen LogP contribution in [0.25, 0.3) is 0 Å². The number of hydrogen-bond acceptors (Lipinski definition) is 4. The summed E-state index contributed by atoms with van der Waals surface area (Å²) >= 11 is 0. The first-order valence-corrected chi connectivity index (χ1v) is 9.99. The monoisotopic (exact) mass is 364 g/mol. The summed E-state index contributed by atoms with van der Waals surface area (Å²) in [6, 6.07) is 9.09. The molecule has 3 N–H and O–H groups in total. The molecule has 0 bridgehead atoms. The Hall–Kier alpha value is -1.43. The molecule has 1 saturated carbocycles. The third kappa shape index (κ3) is 5.06. The maximum atomic E-state index is 12.9. The quantitative estimate of drug-likeness (QED) is 0.578. The second-order valence-electron chi connectivity index (χ2n) is 7.38. The highest BCUT2D eigenvalue weighted by molar-refractivity contribution is 5.81. The molecular weight excluding hydrogens is 330 g/mol. The molecule has 0 unspecified atom stereocenters. The number of quaternary nitrogens is 1. The Morgan fingerprint density at radius 1 is 1.19 bits per heavy atom. The van der Waals surface area contributed by atoms with E-state index in [-0.39, 0.29) is 12.5 Å². The molecule has 0 saturated heterocycles. The molecule has 146 valence electrons. The average molecular weight is 365 g/mol. The van der Waals surface area contributed by atoms with Gasteiger partial charge in [0.25, 0.3) is 0 Å². The van der Waals surface area contributed by atoms with Crippen molar-refractivity contribution in [3.8, 4) is 0 Å². The van der Waals surface area contributed by atoms with E-state index in [4.69, 9.17) is 4.74 Å². The maximum Gasteiger partial charge on any atom is 0.343 e. The predicted octanol–water partition coefficient (Wildman–Crippen LogP) is 1.28. The van der Waals surface area contributed by atoms with Gasteiger partial charge in [-0.05, 0) is 32.3 Å². The number of aliphatic hydroxyl groups excluding tert-OH is 1. The van der Waals surface area contributed by atoms with E-state index < -0.39 is 17.7 Å². The summed E-state index contributed by atoms with van der Waals surface area (Å²) in [5, 5.41) is 21.6. The summed E-state index contributed by atoms with van der Waals surface area (Å²) in [6.07, 6.45) is 4.07. The number of likely N-dealkylation sites (N-methyl/N-ethyl adjacent to an activating group) is 1. The smallest absolute Gasteiger partial charge is 0.343 e. The van der Waals surface area contributed by atoms with Crippen molar-refractivity contribution < 1.29 is 24.6 Å². The molecule has 26 heavy (non-hydrogen) atoms. The molecule has 0 spiro atoms. The van der Waals surface area contributed by atoms with Crippen LogP contribution in [0.1, 0.15) is 51.5 Å². The van der Waals surface area contributed by atoms with Crippen LogP contribution >= 0.6 is 0 Å². The maximum absolute atomic E-state index is 12.9. The fourth-order valence-electron chi connectivity index (χ4n) is 3.95. The number of nitrogens with one attached hydrogen (secondary N) is 1. The van der Waals surface area contributed by atoms with Crippen LogP contribution in [-0.2, 0) is 15.1 Å². The molecule has 5 nitrogen and oxygen atoms in total. The lowest BCUT2D eigenvalue weighted by Crippen LogP contribution is -3.12. The first-order valence-electron chi connectivity index (χ1n) is 9.99. The molecule has 1 fully saturated rings. The van der Waals surface area contributed by atoms with Crippen molar-refractivity contribution in [2.24, 2.45) is 5.92 Å². The Kier molecular flexibility index (Phi) is 8.07. The Morgan fingerprint density at radius 3 is 2.38 bits per heavy atom. The zero-order valence-electron chi connectivity index (χ0n) is 16.1. The number of aliphatic hydroxyl groups is 2. The highest BCUT2D eigenvalue weighted by Crippen LogP contribution is 2.40. The first kappa shape index (κ1) is 20.9. The van der Waals surface area contributed by atoms with Gasteiger partial charge < -0.3 is 19.8 Å². The third-order valence-corrected chi connectivity index (χ3v) is 5.65. The van der Waals surface area contributed by atoms with Gasteiger partial charge in [-0.15, -0.1) is 0 Å². The summed E-state index contributed by atoms with van der Waals surface area (Å²) < 4.78 is 5.41. The van der Waals surface area contributed by atoms with Gasteiger partial charge in [-0.2, -0.15) is 0 Å². The van der Waals surface area contributed by atoms with Crippen LogP contribution in [0, 0.1) is 5.92 Å². The van der Waals surface area contributed by atoms with Crippen molar-refractivity contribution in [3.05, 3.63) is 35.9 Å². The minimum Gasteiger partial charge on any atom is -0.460 e. The number of ether oxygens (including phenoxy) is 1. The Labute approximate surface area is 157 Å². The standard InChI is InChI=1S/C21H33NO4/c1-3-22(4-2)15-19(23)16-26-20(24)21(25,17-11-7-5-8-12-17)18-13-9-6-10-14-18/h5,7-8,11-12,18-19,23,25H,3-4,6,9-10,13-16H2,1-2H3/p+1/t19-,21-/m1/s1. The number of esters is 1. The number of carbonyl (C=O) groups is 1. The van der Waals surface area contributed by atoms with Gasteiger partial charge in [-0.25, -0.2) is 4.79 Å². The van der Waals surface area contributed by atoms with E-state index >= 15 is 0 Å². The summed E-state index contributed by atoms with van der Waals surface area (Å²) in [6.45, 7) is 6.41. The second kappa shape index (κ2) is 10.0. The molecule has 0 aliphatic heterocycles. The number of hydrogen-bond donors (Lipinski definition) is 3. The van der Waals surface area contributed by atoms with Crippen molar-refractivity contribution in [3.63, 3.8) is 0 Å². The third-order valence-electron chi connectivity index (χ3n) is 5.65. The SMILES string of the molecule is CC[NH+](CC)C[C@@H](O)COC(=O)[C@@](O)(c1ccccc1)C1CCCCC1. The lowest BCUT2D eigenvalue weighted by molar-refractivity contribution is -0.899. The van der Waals surface area contributed by atoms with Gasteiger partial charge in [0.15, 0.2) is 5.60 Å². The van der Waals surface area contributed by atoms with E-state index in [1.54, 1.807) is 12.1 Å². The van der Waals surface area contributed by atoms with Crippen molar-refractivity contribution in [2.75, 3.05) is 26.2 Å². The highest BCUT2D eigenvalue weighted by atomic mass is 16.6. The summed E-state index contributed by atoms with van der Waals surface area (Å²) in [5.41, 5.74) is -1.05. The highest BCUT2D eigenvalue weighted by Gasteiger charge is 2.47. The van der Waals surface area contributed by atoms with Gasteiger partial charge in [-0.3, -0.25) is 0 Å². The number of benzene rings is 1. The lowest BCUT2D eigenvalue weighted by atomic mass is 9.73. The van der Waals surface area contributed by atoms with E-state index in [0.29, 0.717) is 12.1 Å². The molecule has 1 aromatic rings. The second-order valence-corrected chi connectivity index (χ2v) is 7.38. The van der Waals surface area contributed by atoms with Gasteiger partial charge >= 0.3 is 5.97 Å². The normalized spacial score (nSPS) is 19.1. The van der Waals surface area contributed by atoms with Crippen molar-refractivity contribution in [1.82, 2.24) is 0 Å². The van der Waals surface area contributed by atoms with Crippen LogP contribution < -0.4 is 4.90 Å². The van der Waals surface area contributed by atoms with Gasteiger partial charge in [0.05, 0.1) is 13.1 Å². The lowest BCUT2D eigenvalue weighted by Gasteiger charge is -2.37. The largest absolute Gasteiger partial charge is 0.460 e. The van der Waals surface area contributed by atoms with Gasteiger partial charge in [-0.1, -0.05) is 49.6 Å². The molecule has 0 heterocycles. The van der Waals surface area contributed by atoms with Crippen LogP contribution in [0.3, 0.4) is 0 Å². The predicted molar refractivity (Wildman–Crippen MR) is 101 cm³/mol. The van der Waals surface area contributed by atoms with Gasteiger partial charge in [0.2, 0.25) is 0 Å². The van der Waals surface area contributed by atoms with Crippen molar-refractivity contribution >= 4 is 5.97 Å². The minimum absolute atomic E-state index is 0.0792. The van der Waals surface area contributed by atoms with Gasteiger partial charge in [0, 0.05) is 5.92 Å². The molecule has 1 aromatic carbocycles. The van der Waals surface area contributed by atoms with Crippen LogP contribution in [0.15, 0.2) is 30.3 Å². The summed E-state index contributed by atoms with van der Waals surface area (Å²) in [5.74, 6) is -0.777. The van der Waals surface area contributed by atoms with E-state index in [1.807, 2.05) is 18.2 Å². The zero-order chi connectivity index (χ0) is 19.0.